The molecule has 1 unspecified atom stereocenters. The number of nitrogen functional groups attached to an aromatic ring is 1. The molecule has 1 aromatic heterocycles. The maximum absolute atomic E-state index is 9.70. The van der Waals surface area contributed by atoms with E-state index in [1.54, 1.807) is 17.7 Å². The van der Waals surface area contributed by atoms with Crippen molar-refractivity contribution in [3.63, 3.8) is 0 Å². The van der Waals surface area contributed by atoms with E-state index in [1.807, 2.05) is 24.3 Å². The number of anilines is 1. The van der Waals surface area contributed by atoms with Crippen LogP contribution in [0.1, 0.15) is 18.9 Å². The first-order valence-electron chi connectivity index (χ1n) is 5.53. The molecule has 96 valence electrons. The van der Waals surface area contributed by atoms with Crippen LogP contribution in [0.2, 0.25) is 0 Å². The zero-order chi connectivity index (χ0) is 13.1. The minimum atomic E-state index is -1.05. The van der Waals surface area contributed by atoms with Crippen LogP contribution in [0.4, 0.5) is 5.82 Å². The van der Waals surface area contributed by atoms with Crippen molar-refractivity contribution in [2.24, 2.45) is 0 Å². The van der Waals surface area contributed by atoms with Crippen molar-refractivity contribution < 1.29 is 9.84 Å². The summed E-state index contributed by atoms with van der Waals surface area (Å²) in [5.41, 5.74) is 7.09. The van der Waals surface area contributed by atoms with Gasteiger partial charge in [-0.05, 0) is 25.1 Å². The van der Waals surface area contributed by atoms with Gasteiger partial charge in [-0.3, -0.25) is 0 Å². The average molecular weight is 312 g/mol. The van der Waals surface area contributed by atoms with E-state index in [4.69, 9.17) is 10.5 Å². The van der Waals surface area contributed by atoms with Gasteiger partial charge in [-0.2, -0.15) is 5.10 Å². The molecule has 2 rings (SSSR count). The number of aliphatic hydroxyl groups excluding tert-OH is 1. The molecule has 0 aliphatic heterocycles. The van der Waals surface area contributed by atoms with Crippen molar-refractivity contribution in [3.05, 3.63) is 40.5 Å². The van der Waals surface area contributed by atoms with Crippen molar-refractivity contribution in [2.75, 3.05) is 12.3 Å². The van der Waals surface area contributed by atoms with E-state index in [1.165, 1.54) is 0 Å². The monoisotopic (exact) mass is 311 g/mol. The molecule has 0 radical (unpaired) electrons. The molecule has 0 saturated carbocycles. The highest BCUT2D eigenvalue weighted by molar-refractivity contribution is 9.10. The molecule has 3 N–H and O–H groups in total. The minimum absolute atomic E-state index is 0.398. The summed E-state index contributed by atoms with van der Waals surface area (Å²) in [6.45, 7) is 2.21. The summed E-state index contributed by atoms with van der Waals surface area (Å²) in [7, 11) is 0. The number of aromatic nitrogens is 2. The minimum Gasteiger partial charge on any atom is -0.384 e. The lowest BCUT2D eigenvalue weighted by molar-refractivity contribution is -0.101. The van der Waals surface area contributed by atoms with Gasteiger partial charge in [0, 0.05) is 17.1 Å². The summed E-state index contributed by atoms with van der Waals surface area (Å²) < 4.78 is 7.56. The molecule has 0 aliphatic carbocycles. The lowest BCUT2D eigenvalue weighted by atomic mass is 10.3. The zero-order valence-electron chi connectivity index (χ0n) is 9.88. The Morgan fingerprint density at radius 3 is 2.94 bits per heavy atom. The molecule has 0 amide bonds. The van der Waals surface area contributed by atoms with Gasteiger partial charge in [-0.1, -0.05) is 22.0 Å². The highest BCUT2D eigenvalue weighted by Crippen LogP contribution is 2.21. The normalized spacial score (nSPS) is 12.6. The SMILES string of the molecule is CCOC(O)c1cc(N)n(-c2cccc(Br)c2)n1. The molecule has 18 heavy (non-hydrogen) atoms. The van der Waals surface area contributed by atoms with Gasteiger partial charge in [0.25, 0.3) is 0 Å². The van der Waals surface area contributed by atoms with E-state index in [9.17, 15) is 5.11 Å². The van der Waals surface area contributed by atoms with Crippen molar-refractivity contribution in [1.29, 1.82) is 0 Å². The number of nitrogens with two attached hydrogens (primary N) is 1. The first-order chi connectivity index (χ1) is 8.61. The van der Waals surface area contributed by atoms with Gasteiger partial charge in [0.1, 0.15) is 11.5 Å². The van der Waals surface area contributed by atoms with E-state index in [0.29, 0.717) is 18.1 Å². The lowest BCUT2D eigenvalue weighted by Crippen LogP contribution is -2.05. The van der Waals surface area contributed by atoms with Gasteiger partial charge in [-0.25, -0.2) is 4.68 Å². The molecule has 6 heteroatoms. The number of benzene rings is 1. The van der Waals surface area contributed by atoms with Gasteiger partial charge in [0.2, 0.25) is 0 Å². The van der Waals surface area contributed by atoms with Crippen LogP contribution in [0.25, 0.3) is 5.69 Å². The lowest BCUT2D eigenvalue weighted by Gasteiger charge is -2.07. The Morgan fingerprint density at radius 1 is 1.50 bits per heavy atom. The summed E-state index contributed by atoms with van der Waals surface area (Å²) in [4.78, 5) is 0. The number of aliphatic hydroxyl groups is 1. The topological polar surface area (TPSA) is 73.3 Å². The van der Waals surface area contributed by atoms with Gasteiger partial charge in [0.05, 0.1) is 5.69 Å². The number of halogens is 1. The summed E-state index contributed by atoms with van der Waals surface area (Å²) in [5.74, 6) is 0.446. The Kier molecular flexibility index (Phi) is 4.00. The van der Waals surface area contributed by atoms with Crippen LogP contribution >= 0.6 is 15.9 Å². The third-order valence-electron chi connectivity index (χ3n) is 2.39. The van der Waals surface area contributed by atoms with Crippen LogP contribution in [0.5, 0.6) is 0 Å². The zero-order valence-corrected chi connectivity index (χ0v) is 11.5. The number of rotatable bonds is 4. The summed E-state index contributed by atoms with van der Waals surface area (Å²) in [6.07, 6.45) is -1.05. The number of nitrogens with zero attached hydrogens (tertiary/aromatic N) is 2. The molecule has 2 aromatic rings. The van der Waals surface area contributed by atoms with E-state index in [0.717, 1.165) is 10.2 Å². The first kappa shape index (κ1) is 13.1. The number of hydrogen-bond donors (Lipinski definition) is 2. The van der Waals surface area contributed by atoms with Crippen LogP contribution < -0.4 is 5.73 Å². The van der Waals surface area contributed by atoms with E-state index in [-0.39, 0.29) is 0 Å². The van der Waals surface area contributed by atoms with Crippen LogP contribution in [0.3, 0.4) is 0 Å². The molecule has 0 aliphatic rings. The maximum Gasteiger partial charge on any atom is 0.200 e. The Bertz CT molecular complexity index is 542. The third-order valence-corrected chi connectivity index (χ3v) is 2.88. The second-order valence-electron chi connectivity index (χ2n) is 3.69. The maximum atomic E-state index is 9.70. The Labute approximate surface area is 113 Å². The fourth-order valence-electron chi connectivity index (χ4n) is 1.59. The molecule has 1 heterocycles. The second-order valence-corrected chi connectivity index (χ2v) is 4.61. The molecular formula is C12H14BrN3O2. The van der Waals surface area contributed by atoms with Crippen molar-refractivity contribution in [3.8, 4) is 5.69 Å². The van der Waals surface area contributed by atoms with E-state index < -0.39 is 6.29 Å². The van der Waals surface area contributed by atoms with Crippen molar-refractivity contribution in [1.82, 2.24) is 9.78 Å². The molecule has 1 aromatic carbocycles. The Hall–Kier alpha value is -1.37. The second kappa shape index (κ2) is 5.51. The van der Waals surface area contributed by atoms with Crippen molar-refractivity contribution >= 4 is 21.7 Å². The fraction of sp³-hybridized carbons (Fsp3) is 0.250. The number of ether oxygens (including phenoxy) is 1. The molecule has 1 atom stereocenters. The van der Waals surface area contributed by atoms with Gasteiger partial charge >= 0.3 is 0 Å². The van der Waals surface area contributed by atoms with Gasteiger partial charge < -0.3 is 15.6 Å². The highest BCUT2D eigenvalue weighted by Gasteiger charge is 2.14. The molecule has 5 nitrogen and oxygen atoms in total. The summed E-state index contributed by atoms with van der Waals surface area (Å²) in [5, 5.41) is 13.9. The van der Waals surface area contributed by atoms with Gasteiger partial charge in [0.15, 0.2) is 6.29 Å². The molecular weight excluding hydrogens is 298 g/mol. The third kappa shape index (κ3) is 2.72. The summed E-state index contributed by atoms with van der Waals surface area (Å²) in [6, 6.07) is 9.17. The Balaban J connectivity index is 2.35. The van der Waals surface area contributed by atoms with Crippen LogP contribution in [0.15, 0.2) is 34.8 Å². The quantitative estimate of drug-likeness (QED) is 0.849. The smallest absolute Gasteiger partial charge is 0.200 e. The molecule has 0 spiro atoms. The van der Waals surface area contributed by atoms with Crippen molar-refractivity contribution in [2.45, 2.75) is 13.2 Å². The average Bonchev–Trinajstić information content (AvgIpc) is 2.72. The van der Waals surface area contributed by atoms with Crippen LogP contribution in [-0.2, 0) is 4.74 Å². The standard InChI is InChI=1S/C12H14BrN3O2/c1-2-18-12(17)10-7-11(14)16(15-10)9-5-3-4-8(13)6-9/h3-7,12,17H,2,14H2,1H3. The van der Waals surface area contributed by atoms with Crippen LogP contribution in [-0.4, -0.2) is 21.5 Å². The molecule has 0 saturated heterocycles. The molecule has 0 bridgehead atoms. The fourth-order valence-corrected chi connectivity index (χ4v) is 1.98. The Morgan fingerprint density at radius 2 is 2.28 bits per heavy atom. The number of hydrogen-bond acceptors (Lipinski definition) is 4. The van der Waals surface area contributed by atoms with Gasteiger partial charge in [-0.15, -0.1) is 0 Å². The summed E-state index contributed by atoms with van der Waals surface area (Å²) >= 11 is 3.39. The predicted octanol–water partition coefficient (Wildman–Crippen LogP) is 2.24. The predicted molar refractivity (Wildman–Crippen MR) is 72.3 cm³/mol. The van der Waals surface area contributed by atoms with E-state index in [2.05, 4.69) is 21.0 Å². The largest absolute Gasteiger partial charge is 0.384 e. The van der Waals surface area contributed by atoms with E-state index >= 15 is 0 Å². The first-order valence-corrected chi connectivity index (χ1v) is 6.32. The molecule has 0 fully saturated rings. The van der Waals surface area contributed by atoms with Crippen LogP contribution in [0, 0.1) is 0 Å². The highest BCUT2D eigenvalue weighted by atomic mass is 79.9.